The Balaban J connectivity index is 1.33. The summed E-state index contributed by atoms with van der Waals surface area (Å²) in [5.41, 5.74) is 11.3. The molecule has 7 rings (SSSR count). The lowest BCUT2D eigenvalue weighted by Gasteiger charge is -2.20. The van der Waals surface area contributed by atoms with E-state index in [1.165, 1.54) is 33.0 Å². The van der Waals surface area contributed by atoms with Gasteiger partial charge in [-0.15, -0.1) is 0 Å². The van der Waals surface area contributed by atoms with Crippen molar-refractivity contribution in [2.45, 2.75) is 67.2 Å². The maximum atomic E-state index is 6.66. The predicted octanol–water partition coefficient (Wildman–Crippen LogP) is 11.2. The average molecular weight is 633 g/mol. The molecular formula is C43H44N4O. The lowest BCUT2D eigenvalue weighted by molar-refractivity contribution is 0.482. The topological polar surface area (TPSA) is 44.9 Å². The highest BCUT2D eigenvalue weighted by molar-refractivity contribution is 6.09. The van der Waals surface area contributed by atoms with Gasteiger partial charge in [-0.3, -0.25) is 4.57 Å². The first-order valence-corrected chi connectivity index (χ1v) is 16.9. The number of rotatable bonds is 7. The van der Waals surface area contributed by atoms with Crippen molar-refractivity contribution in [3.05, 3.63) is 131 Å². The van der Waals surface area contributed by atoms with Crippen LogP contribution in [-0.4, -0.2) is 19.3 Å². The van der Waals surface area contributed by atoms with Gasteiger partial charge < -0.3 is 4.74 Å². The Bertz CT molecular complexity index is 2280. The number of benzene rings is 4. The molecule has 0 aliphatic carbocycles. The van der Waals surface area contributed by atoms with Crippen LogP contribution < -0.4 is 4.74 Å². The summed E-state index contributed by atoms with van der Waals surface area (Å²) in [4.78, 5) is 4.89. The molecule has 5 heteroatoms. The van der Waals surface area contributed by atoms with Crippen LogP contribution in [0.15, 0.2) is 103 Å². The number of fused-ring (bicyclic) bond motifs is 3. The number of aryl methyl sites for hydroxylation is 2. The minimum absolute atomic E-state index is 0.00532. The second kappa shape index (κ2) is 12.1. The van der Waals surface area contributed by atoms with Gasteiger partial charge in [-0.25, -0.2) is 9.67 Å². The lowest BCUT2D eigenvalue weighted by atomic mass is 9.88. The standard InChI is InChI=1S/C43H44N4O/c1-27(2)20-31-14-17-39-38(23-31)37-16-15-35(26-40(37)46(39)41-24-33(18-19-44-41)43(6,7)8)48-36-22-28(3)21-34(25-36)47-30(5)42(29(4)45-47)32-12-10-9-11-13-32/h9-19,21-27H,20H2,1-8H3. The summed E-state index contributed by atoms with van der Waals surface area (Å²) in [7, 11) is 0. The van der Waals surface area contributed by atoms with Gasteiger partial charge >= 0.3 is 0 Å². The van der Waals surface area contributed by atoms with Gasteiger partial charge in [-0.2, -0.15) is 5.10 Å². The average Bonchev–Trinajstić information content (AvgIpc) is 3.52. The highest BCUT2D eigenvalue weighted by atomic mass is 16.5. The van der Waals surface area contributed by atoms with Gasteiger partial charge in [0.1, 0.15) is 17.3 Å². The third-order valence-electron chi connectivity index (χ3n) is 9.16. The SMILES string of the molecule is Cc1cc(Oc2ccc3c4cc(CC(C)C)ccc4n(-c4cc(C(C)(C)C)ccn4)c3c2)cc(-n2nc(C)c(-c3ccccc3)c2C)c1. The lowest BCUT2D eigenvalue weighted by Crippen LogP contribution is -2.12. The van der Waals surface area contributed by atoms with Gasteiger partial charge in [-0.1, -0.05) is 71.0 Å². The molecule has 4 aromatic carbocycles. The molecule has 0 N–H and O–H groups in total. The van der Waals surface area contributed by atoms with Gasteiger partial charge in [-0.05, 0) is 109 Å². The van der Waals surface area contributed by atoms with Crippen LogP contribution in [0.2, 0.25) is 0 Å². The summed E-state index contributed by atoms with van der Waals surface area (Å²) < 4.78 is 11.0. The molecule has 5 nitrogen and oxygen atoms in total. The molecule has 0 radical (unpaired) electrons. The van der Waals surface area contributed by atoms with E-state index in [0.717, 1.165) is 57.4 Å². The number of hydrogen-bond acceptors (Lipinski definition) is 3. The molecular weight excluding hydrogens is 589 g/mol. The van der Waals surface area contributed by atoms with Crippen LogP contribution in [0.25, 0.3) is 44.4 Å². The van der Waals surface area contributed by atoms with Crippen molar-refractivity contribution in [2.75, 3.05) is 0 Å². The molecule has 0 spiro atoms. The summed E-state index contributed by atoms with van der Waals surface area (Å²) in [5, 5.41) is 7.37. The second-order valence-electron chi connectivity index (χ2n) is 14.5. The van der Waals surface area contributed by atoms with E-state index in [9.17, 15) is 0 Å². The molecule has 0 saturated carbocycles. The van der Waals surface area contributed by atoms with Crippen LogP contribution in [-0.2, 0) is 11.8 Å². The Labute approximate surface area is 283 Å². The molecule has 242 valence electrons. The van der Waals surface area contributed by atoms with E-state index >= 15 is 0 Å². The molecule has 3 aromatic heterocycles. The van der Waals surface area contributed by atoms with E-state index < -0.39 is 0 Å². The Morgan fingerprint density at radius 1 is 0.750 bits per heavy atom. The fourth-order valence-electron chi connectivity index (χ4n) is 6.93. The molecule has 0 aliphatic rings. The number of aromatic nitrogens is 4. The monoisotopic (exact) mass is 632 g/mol. The molecule has 0 atom stereocenters. The third-order valence-corrected chi connectivity index (χ3v) is 9.16. The van der Waals surface area contributed by atoms with E-state index in [4.69, 9.17) is 14.8 Å². The summed E-state index contributed by atoms with van der Waals surface area (Å²) in [6.07, 6.45) is 2.97. The number of pyridine rings is 1. The number of hydrogen-bond donors (Lipinski definition) is 0. The maximum Gasteiger partial charge on any atom is 0.137 e. The zero-order valence-corrected chi connectivity index (χ0v) is 29.3. The van der Waals surface area contributed by atoms with E-state index in [-0.39, 0.29) is 5.41 Å². The summed E-state index contributed by atoms with van der Waals surface area (Å²) >= 11 is 0. The largest absolute Gasteiger partial charge is 0.457 e. The Morgan fingerprint density at radius 3 is 2.29 bits per heavy atom. The van der Waals surface area contributed by atoms with Crippen LogP contribution in [0.3, 0.4) is 0 Å². The number of ether oxygens (including phenoxy) is 1. The van der Waals surface area contributed by atoms with Crippen LogP contribution in [0, 0.1) is 26.7 Å². The first-order chi connectivity index (χ1) is 23.0. The van der Waals surface area contributed by atoms with Crippen molar-refractivity contribution >= 4 is 21.8 Å². The van der Waals surface area contributed by atoms with Gasteiger partial charge in [0.25, 0.3) is 0 Å². The summed E-state index contributed by atoms with van der Waals surface area (Å²) in [6, 6.07) is 34.4. The van der Waals surface area contributed by atoms with Gasteiger partial charge in [0.15, 0.2) is 0 Å². The van der Waals surface area contributed by atoms with E-state index in [1.54, 1.807) is 0 Å². The summed E-state index contributed by atoms with van der Waals surface area (Å²) in [6.45, 7) is 17.6. The smallest absolute Gasteiger partial charge is 0.137 e. The van der Waals surface area contributed by atoms with Crippen molar-refractivity contribution in [2.24, 2.45) is 5.92 Å². The van der Waals surface area contributed by atoms with Gasteiger partial charge in [0, 0.05) is 40.4 Å². The van der Waals surface area contributed by atoms with E-state index in [2.05, 4.69) is 151 Å². The first-order valence-electron chi connectivity index (χ1n) is 16.9. The van der Waals surface area contributed by atoms with Crippen molar-refractivity contribution in [3.63, 3.8) is 0 Å². The molecule has 48 heavy (non-hydrogen) atoms. The summed E-state index contributed by atoms with van der Waals surface area (Å²) in [5.74, 6) is 3.04. The zero-order chi connectivity index (χ0) is 33.7. The van der Waals surface area contributed by atoms with Crippen LogP contribution in [0.5, 0.6) is 11.5 Å². The minimum Gasteiger partial charge on any atom is -0.457 e. The van der Waals surface area contributed by atoms with Crippen molar-refractivity contribution in [1.29, 1.82) is 0 Å². The Kier molecular flexibility index (Phi) is 7.95. The van der Waals surface area contributed by atoms with Crippen molar-refractivity contribution in [1.82, 2.24) is 19.3 Å². The Morgan fingerprint density at radius 2 is 1.54 bits per heavy atom. The van der Waals surface area contributed by atoms with E-state index in [0.29, 0.717) is 5.92 Å². The minimum atomic E-state index is 0.00532. The molecule has 0 aliphatic heterocycles. The Hall–Kier alpha value is -5.16. The van der Waals surface area contributed by atoms with Gasteiger partial charge in [0.05, 0.1) is 22.4 Å². The molecule has 0 saturated heterocycles. The number of nitrogens with zero attached hydrogens (tertiary/aromatic N) is 4. The van der Waals surface area contributed by atoms with Gasteiger partial charge in [0.2, 0.25) is 0 Å². The van der Waals surface area contributed by atoms with Crippen molar-refractivity contribution in [3.8, 4) is 34.1 Å². The van der Waals surface area contributed by atoms with Crippen LogP contribution in [0.1, 0.15) is 62.7 Å². The fraction of sp³-hybridized carbons (Fsp3) is 0.256. The zero-order valence-electron chi connectivity index (χ0n) is 29.3. The van der Waals surface area contributed by atoms with Crippen LogP contribution in [0.4, 0.5) is 0 Å². The van der Waals surface area contributed by atoms with Crippen molar-refractivity contribution < 1.29 is 4.74 Å². The highest BCUT2D eigenvalue weighted by Crippen LogP contribution is 2.37. The predicted molar refractivity (Wildman–Crippen MR) is 199 cm³/mol. The molecule has 7 aromatic rings. The third kappa shape index (κ3) is 5.90. The molecule has 0 unspecified atom stereocenters. The van der Waals surface area contributed by atoms with Crippen LogP contribution >= 0.6 is 0 Å². The molecule has 0 bridgehead atoms. The fourth-order valence-corrected chi connectivity index (χ4v) is 6.93. The first kappa shape index (κ1) is 31.4. The second-order valence-corrected chi connectivity index (χ2v) is 14.5. The highest BCUT2D eigenvalue weighted by Gasteiger charge is 2.20. The molecule has 3 heterocycles. The molecule has 0 fully saturated rings. The maximum absolute atomic E-state index is 6.66. The normalized spacial score (nSPS) is 12.0. The molecule has 0 amide bonds. The van der Waals surface area contributed by atoms with E-state index in [1.807, 2.05) is 16.9 Å². The quantitative estimate of drug-likeness (QED) is 0.176.